The molecule has 0 saturated carbocycles. The molecule has 0 radical (unpaired) electrons. The Hall–Kier alpha value is -3.64. The van der Waals surface area contributed by atoms with Gasteiger partial charge in [0.1, 0.15) is 0 Å². The van der Waals surface area contributed by atoms with Crippen molar-refractivity contribution in [2.75, 3.05) is 21.3 Å². The average molecular weight is 886 g/mol. The molecule has 2 atom stereocenters. The van der Waals surface area contributed by atoms with Crippen molar-refractivity contribution in [1.82, 2.24) is 4.90 Å². The van der Waals surface area contributed by atoms with Crippen molar-refractivity contribution in [3.8, 4) is 0 Å². The number of nitrogens with zero attached hydrogens (tertiary/aromatic N) is 1. The number of nitrogens with two attached hydrogens (primary N) is 1. The van der Waals surface area contributed by atoms with Gasteiger partial charge in [-0.15, -0.1) is 24.8 Å². The maximum atomic E-state index is 12.8. The van der Waals surface area contributed by atoms with E-state index in [1.54, 1.807) is 30.3 Å². The summed E-state index contributed by atoms with van der Waals surface area (Å²) in [6.45, 7) is 0.557. The first-order chi connectivity index (χ1) is 24.5. The molecule has 0 spiro atoms. The summed E-state index contributed by atoms with van der Waals surface area (Å²) in [5.41, 5.74) is 14.4. The Bertz CT molecular complexity index is 1990. The molecule has 4 aromatic carbocycles. The summed E-state index contributed by atoms with van der Waals surface area (Å²) in [5.74, 6) is -1.09. The Morgan fingerprint density at radius 2 is 1.30 bits per heavy atom. The minimum Gasteiger partial charge on any atom is -0.465 e. The van der Waals surface area contributed by atoms with E-state index < -0.39 is 5.97 Å². The molecule has 0 unspecified atom stereocenters. The van der Waals surface area contributed by atoms with E-state index in [9.17, 15) is 19.2 Å². The molecule has 290 valence electrons. The SMILES string of the molecule is C.COC(=O)c1c(Cl)cccc1CBr.COC(=O)c1ccc2c(c1)[C@H](N)CC2.COC(=O)c1ccc2c(c1)[C@H](N1Cc3cccc(Cl)c3C1=O)CC2.Cl.Cl. The van der Waals surface area contributed by atoms with Gasteiger partial charge < -0.3 is 24.8 Å². The topological polar surface area (TPSA) is 125 Å². The normalized spacial score (nSPS) is 15.5. The van der Waals surface area contributed by atoms with Crippen molar-refractivity contribution in [3.05, 3.63) is 138 Å². The second-order valence-electron chi connectivity index (χ2n) is 12.1. The number of fused-ring (bicyclic) bond motifs is 3. The number of carbonyl (C=O) groups is 4. The number of halogens is 5. The Labute approximate surface area is 346 Å². The van der Waals surface area contributed by atoms with Crippen molar-refractivity contribution in [1.29, 1.82) is 0 Å². The van der Waals surface area contributed by atoms with Crippen molar-refractivity contribution >= 4 is 87.8 Å². The number of amides is 1. The number of esters is 3. The number of carbonyl (C=O) groups excluding carboxylic acids is 4. The van der Waals surface area contributed by atoms with E-state index in [1.165, 1.54) is 32.5 Å². The second kappa shape index (κ2) is 20.9. The lowest BCUT2D eigenvalue weighted by Crippen LogP contribution is -2.28. The first-order valence-corrected chi connectivity index (χ1v) is 18.1. The molecule has 0 bridgehead atoms. The van der Waals surface area contributed by atoms with Gasteiger partial charge in [0.05, 0.1) is 59.7 Å². The number of hydrogen-bond donors (Lipinski definition) is 1. The van der Waals surface area contributed by atoms with Crippen LogP contribution in [0.25, 0.3) is 0 Å². The smallest absolute Gasteiger partial charge is 0.339 e. The lowest BCUT2D eigenvalue weighted by Gasteiger charge is -2.25. The number of aryl methyl sites for hydroxylation is 2. The highest BCUT2D eigenvalue weighted by atomic mass is 79.9. The molecule has 54 heavy (non-hydrogen) atoms. The molecule has 2 N–H and O–H groups in total. The maximum absolute atomic E-state index is 12.8. The van der Waals surface area contributed by atoms with Crippen LogP contribution < -0.4 is 5.73 Å². The zero-order chi connectivity index (χ0) is 36.8. The van der Waals surface area contributed by atoms with E-state index in [1.807, 2.05) is 47.4 Å². The first-order valence-electron chi connectivity index (χ1n) is 16.2. The van der Waals surface area contributed by atoms with Gasteiger partial charge in [0, 0.05) is 17.9 Å². The van der Waals surface area contributed by atoms with E-state index in [0.717, 1.165) is 47.9 Å². The largest absolute Gasteiger partial charge is 0.465 e. The van der Waals surface area contributed by atoms with Crippen molar-refractivity contribution in [2.24, 2.45) is 5.73 Å². The highest BCUT2D eigenvalue weighted by Gasteiger charge is 2.38. The third-order valence-corrected chi connectivity index (χ3v) is 10.5. The highest BCUT2D eigenvalue weighted by molar-refractivity contribution is 9.08. The van der Waals surface area contributed by atoms with Crippen LogP contribution in [0.2, 0.25) is 10.0 Å². The van der Waals surface area contributed by atoms with Crippen molar-refractivity contribution in [2.45, 2.75) is 57.1 Å². The molecule has 2 aliphatic carbocycles. The van der Waals surface area contributed by atoms with Gasteiger partial charge in [-0.3, -0.25) is 4.79 Å². The molecule has 9 nitrogen and oxygen atoms in total. The monoisotopic (exact) mass is 882 g/mol. The van der Waals surface area contributed by atoms with Crippen LogP contribution in [0.3, 0.4) is 0 Å². The molecule has 3 aliphatic rings. The molecule has 1 aliphatic heterocycles. The molecule has 7 rings (SSSR count). The van der Waals surface area contributed by atoms with E-state index >= 15 is 0 Å². The summed E-state index contributed by atoms with van der Waals surface area (Å²) < 4.78 is 14.1. The van der Waals surface area contributed by atoms with Crippen LogP contribution in [0, 0.1) is 0 Å². The Morgan fingerprint density at radius 1 is 0.759 bits per heavy atom. The lowest BCUT2D eigenvalue weighted by atomic mass is 10.0. The first kappa shape index (κ1) is 46.5. The fourth-order valence-electron chi connectivity index (χ4n) is 6.63. The van der Waals surface area contributed by atoms with Crippen LogP contribution in [0.4, 0.5) is 0 Å². The molecule has 0 saturated heterocycles. The average Bonchev–Trinajstić information content (AvgIpc) is 3.85. The summed E-state index contributed by atoms with van der Waals surface area (Å²) in [4.78, 5) is 49.1. The van der Waals surface area contributed by atoms with Gasteiger partial charge >= 0.3 is 17.9 Å². The van der Waals surface area contributed by atoms with Gasteiger partial charge in [-0.25, -0.2) is 14.4 Å². The summed E-state index contributed by atoms with van der Waals surface area (Å²) in [7, 11) is 4.09. The van der Waals surface area contributed by atoms with Gasteiger partial charge in [-0.05, 0) is 95.5 Å². The Balaban J connectivity index is 0.000000292. The van der Waals surface area contributed by atoms with E-state index in [0.29, 0.717) is 44.2 Å². The number of ether oxygens (including phenoxy) is 3. The van der Waals surface area contributed by atoms with Crippen LogP contribution in [0.15, 0.2) is 72.8 Å². The van der Waals surface area contributed by atoms with Gasteiger partial charge in [-0.1, -0.05) is 83.0 Å². The minimum absolute atomic E-state index is 0. The van der Waals surface area contributed by atoms with Crippen molar-refractivity contribution in [3.63, 3.8) is 0 Å². The Morgan fingerprint density at radius 3 is 1.87 bits per heavy atom. The standard InChI is InChI=1S/C19H16ClNO3.C11H13NO2.C9H8BrClO2.CH4.2ClH/c1-24-19(23)12-6-5-11-7-8-16(14(11)9-12)21-10-13-3-2-4-15(20)17(13)18(21)22;1-14-11(13)8-3-2-7-4-5-10(12)9(7)6-8;1-13-9(12)8-6(5-10)3-2-4-7(8)11;;;/h2-6,9,16H,7-8,10H2,1H3;2-3,6,10H,4-5,12H2,1H3;2-4H,5H2,1H3;1H4;2*1H/t16-;10-;;;;/m11..../s1. The molecule has 14 heteroatoms. The van der Waals surface area contributed by atoms with Crippen LogP contribution in [-0.2, 0) is 38.9 Å². The number of alkyl halides is 1. The lowest BCUT2D eigenvalue weighted by molar-refractivity contribution is 0.0591. The molecule has 4 aromatic rings. The predicted molar refractivity (Wildman–Crippen MR) is 220 cm³/mol. The fourth-order valence-corrected chi connectivity index (χ4v) is 7.64. The molecule has 0 aromatic heterocycles. The third kappa shape index (κ3) is 9.96. The second-order valence-corrected chi connectivity index (χ2v) is 13.5. The van der Waals surface area contributed by atoms with Crippen molar-refractivity contribution < 1.29 is 33.4 Å². The van der Waals surface area contributed by atoms with E-state index in [4.69, 9.17) is 33.7 Å². The van der Waals surface area contributed by atoms with Gasteiger partial charge in [0.25, 0.3) is 5.91 Å². The summed E-state index contributed by atoms with van der Waals surface area (Å²) in [6.07, 6.45) is 3.74. The van der Waals surface area contributed by atoms with Crippen LogP contribution in [0.5, 0.6) is 0 Å². The summed E-state index contributed by atoms with van der Waals surface area (Å²) in [6, 6.07) is 22.1. The van der Waals surface area contributed by atoms with Gasteiger partial charge in [0.15, 0.2) is 0 Å². The molecule has 1 heterocycles. The van der Waals surface area contributed by atoms with Crippen LogP contribution in [-0.4, -0.2) is 50.0 Å². The minimum atomic E-state index is -0.403. The zero-order valence-corrected chi connectivity index (χ0v) is 33.9. The number of benzene rings is 4. The Kier molecular flexibility index (Phi) is 18.0. The van der Waals surface area contributed by atoms with Crippen LogP contribution in [0.1, 0.15) is 107 Å². The highest BCUT2D eigenvalue weighted by Crippen LogP contribution is 2.42. The molecule has 0 fully saturated rings. The predicted octanol–water partition coefficient (Wildman–Crippen LogP) is 9.69. The molecular weight excluding hydrogens is 842 g/mol. The zero-order valence-electron chi connectivity index (χ0n) is 29.2. The maximum Gasteiger partial charge on any atom is 0.339 e. The number of hydrogen-bond acceptors (Lipinski definition) is 8. The molecular formula is C40H43BrCl4N2O7. The number of rotatable bonds is 5. The molecule has 1 amide bonds. The van der Waals surface area contributed by atoms with E-state index in [-0.39, 0.29) is 62.2 Å². The number of methoxy groups -OCH3 is 3. The third-order valence-electron chi connectivity index (χ3n) is 9.23. The van der Waals surface area contributed by atoms with Crippen LogP contribution >= 0.6 is 63.9 Å². The van der Waals surface area contributed by atoms with Gasteiger partial charge in [-0.2, -0.15) is 0 Å². The quantitative estimate of drug-likeness (QED) is 0.119. The summed E-state index contributed by atoms with van der Waals surface area (Å²) >= 11 is 15.3. The van der Waals surface area contributed by atoms with Gasteiger partial charge in [0.2, 0.25) is 0 Å². The fraction of sp³-hybridized carbons (Fsp3) is 0.300. The van der Waals surface area contributed by atoms with E-state index in [2.05, 4.69) is 25.4 Å². The summed E-state index contributed by atoms with van der Waals surface area (Å²) in [5, 5.41) is 1.50.